The first-order valence-electron chi connectivity index (χ1n) is 9.77. The van der Waals surface area contributed by atoms with Gasteiger partial charge in [0.25, 0.3) is 11.8 Å². The zero-order valence-corrected chi connectivity index (χ0v) is 18.5. The maximum absolute atomic E-state index is 12.5. The normalized spacial score (nSPS) is 11.8. The minimum atomic E-state index is -0.867. The van der Waals surface area contributed by atoms with E-state index in [-0.39, 0.29) is 17.4 Å². The number of para-hydroxylation sites is 1. The average Bonchev–Trinajstić information content (AvgIpc) is 3.46. The van der Waals surface area contributed by atoms with E-state index in [1.807, 2.05) is 31.2 Å². The Morgan fingerprint density at radius 2 is 1.91 bits per heavy atom. The minimum Gasteiger partial charge on any atom is -0.459 e. The van der Waals surface area contributed by atoms with Crippen molar-refractivity contribution in [1.82, 2.24) is 36.4 Å². The Hall–Kier alpha value is -3.67. The van der Waals surface area contributed by atoms with E-state index in [1.165, 1.54) is 12.3 Å². The first kappa shape index (κ1) is 23.0. The molecule has 3 amide bonds. The van der Waals surface area contributed by atoms with Gasteiger partial charge in [-0.2, -0.15) is 4.68 Å². The number of hydrogen-bond acceptors (Lipinski definition) is 8. The number of thioether (sulfide) groups is 1. The van der Waals surface area contributed by atoms with Gasteiger partial charge in [-0.1, -0.05) is 43.8 Å². The molecule has 0 spiro atoms. The number of carbonyl (C=O) groups is 3. The van der Waals surface area contributed by atoms with Gasteiger partial charge in [0.1, 0.15) is 6.04 Å². The van der Waals surface area contributed by atoms with Crippen LogP contribution in [0.15, 0.2) is 52.2 Å². The highest BCUT2D eigenvalue weighted by Crippen LogP contribution is 2.20. The molecule has 32 heavy (non-hydrogen) atoms. The summed E-state index contributed by atoms with van der Waals surface area (Å²) >= 11 is 1.12. The van der Waals surface area contributed by atoms with Crippen molar-refractivity contribution >= 4 is 29.5 Å². The number of carbonyl (C=O) groups excluding carboxylic acids is 3. The number of rotatable bonds is 8. The number of furan rings is 1. The molecule has 0 bridgehead atoms. The van der Waals surface area contributed by atoms with E-state index in [9.17, 15) is 14.4 Å². The van der Waals surface area contributed by atoms with Crippen molar-refractivity contribution in [1.29, 1.82) is 0 Å². The molecule has 0 saturated heterocycles. The zero-order valence-electron chi connectivity index (χ0n) is 17.7. The lowest BCUT2D eigenvalue weighted by atomic mass is 10.0. The molecule has 3 aromatic rings. The van der Waals surface area contributed by atoms with Crippen LogP contribution in [-0.4, -0.2) is 49.7 Å². The summed E-state index contributed by atoms with van der Waals surface area (Å²) in [6, 6.07) is 9.79. The third kappa shape index (κ3) is 5.72. The summed E-state index contributed by atoms with van der Waals surface area (Å²) in [6.07, 6.45) is 1.37. The second kappa shape index (κ2) is 10.6. The van der Waals surface area contributed by atoms with Crippen molar-refractivity contribution in [3.63, 3.8) is 0 Å². The van der Waals surface area contributed by atoms with Gasteiger partial charge >= 0.3 is 0 Å². The quantitative estimate of drug-likeness (QED) is 0.339. The molecule has 1 aromatic carbocycles. The molecule has 3 N–H and O–H groups in total. The summed E-state index contributed by atoms with van der Waals surface area (Å²) in [5.41, 5.74) is 6.48. The van der Waals surface area contributed by atoms with Crippen molar-refractivity contribution in [2.45, 2.75) is 32.0 Å². The van der Waals surface area contributed by atoms with Gasteiger partial charge in [0.2, 0.25) is 11.1 Å². The van der Waals surface area contributed by atoms with Crippen molar-refractivity contribution in [2.24, 2.45) is 5.92 Å². The molecule has 168 valence electrons. The van der Waals surface area contributed by atoms with E-state index in [1.54, 1.807) is 24.6 Å². The number of aromatic nitrogens is 4. The SMILES string of the molecule is Cc1ccccc1-n1nnnc1SCC(=O)NNC(=O)C(NC(=O)c1ccco1)C(C)C. The number of aryl methyl sites for hydroxylation is 1. The fourth-order valence-electron chi connectivity index (χ4n) is 2.75. The van der Waals surface area contributed by atoms with Crippen LogP contribution in [0.5, 0.6) is 0 Å². The van der Waals surface area contributed by atoms with Gasteiger partial charge in [0, 0.05) is 0 Å². The fourth-order valence-corrected chi connectivity index (χ4v) is 3.44. The number of nitrogens with zero attached hydrogens (tertiary/aromatic N) is 4. The van der Waals surface area contributed by atoms with Gasteiger partial charge in [0.15, 0.2) is 5.76 Å². The fraction of sp³-hybridized carbons (Fsp3) is 0.300. The molecule has 0 aliphatic rings. The summed E-state index contributed by atoms with van der Waals surface area (Å²) < 4.78 is 6.58. The maximum atomic E-state index is 12.5. The molecular formula is C20H23N7O4S. The van der Waals surface area contributed by atoms with E-state index in [0.717, 1.165) is 23.0 Å². The zero-order chi connectivity index (χ0) is 23.1. The topological polar surface area (TPSA) is 144 Å². The van der Waals surface area contributed by atoms with Crippen molar-refractivity contribution in [2.75, 3.05) is 5.75 Å². The van der Waals surface area contributed by atoms with Crippen LogP contribution in [0.25, 0.3) is 5.69 Å². The lowest BCUT2D eigenvalue weighted by molar-refractivity contribution is -0.129. The van der Waals surface area contributed by atoms with E-state index in [4.69, 9.17) is 4.42 Å². The first-order valence-corrected chi connectivity index (χ1v) is 10.8. The number of tetrazole rings is 1. The number of hydrogen-bond donors (Lipinski definition) is 3. The van der Waals surface area contributed by atoms with Crippen LogP contribution in [0.4, 0.5) is 0 Å². The molecule has 0 fully saturated rings. The largest absolute Gasteiger partial charge is 0.459 e. The summed E-state index contributed by atoms with van der Waals surface area (Å²) in [7, 11) is 0. The molecule has 1 unspecified atom stereocenters. The van der Waals surface area contributed by atoms with Gasteiger partial charge in [-0.05, 0) is 47.0 Å². The smallest absolute Gasteiger partial charge is 0.287 e. The average molecular weight is 458 g/mol. The van der Waals surface area contributed by atoms with Gasteiger partial charge in [0.05, 0.1) is 17.7 Å². The Morgan fingerprint density at radius 3 is 2.59 bits per heavy atom. The third-order valence-corrected chi connectivity index (χ3v) is 5.34. The highest BCUT2D eigenvalue weighted by atomic mass is 32.2. The lowest BCUT2D eigenvalue weighted by Gasteiger charge is -2.21. The summed E-state index contributed by atoms with van der Waals surface area (Å²) in [6.45, 7) is 5.48. The number of benzene rings is 1. The van der Waals surface area contributed by atoms with Gasteiger partial charge in [-0.3, -0.25) is 25.2 Å². The molecule has 1 atom stereocenters. The van der Waals surface area contributed by atoms with Crippen LogP contribution >= 0.6 is 11.8 Å². The minimum absolute atomic E-state index is 0.0301. The third-order valence-electron chi connectivity index (χ3n) is 4.42. The molecule has 0 aliphatic heterocycles. The van der Waals surface area contributed by atoms with E-state index >= 15 is 0 Å². The van der Waals surface area contributed by atoms with Crippen molar-refractivity contribution < 1.29 is 18.8 Å². The van der Waals surface area contributed by atoms with Crippen LogP contribution in [0.2, 0.25) is 0 Å². The predicted molar refractivity (Wildman–Crippen MR) is 116 cm³/mol. The molecule has 0 aliphatic carbocycles. The van der Waals surface area contributed by atoms with Gasteiger partial charge in [-0.25, -0.2) is 0 Å². The molecule has 11 nitrogen and oxygen atoms in total. The van der Waals surface area contributed by atoms with E-state index < -0.39 is 23.8 Å². The van der Waals surface area contributed by atoms with Crippen LogP contribution in [0.3, 0.4) is 0 Å². The lowest BCUT2D eigenvalue weighted by Crippen LogP contribution is -2.54. The number of hydrazine groups is 1. The molecular weight excluding hydrogens is 434 g/mol. The van der Waals surface area contributed by atoms with Crippen LogP contribution < -0.4 is 16.2 Å². The Bertz CT molecular complexity index is 1080. The highest BCUT2D eigenvalue weighted by Gasteiger charge is 2.26. The number of nitrogens with one attached hydrogen (secondary N) is 3. The second-order valence-corrected chi connectivity index (χ2v) is 8.10. The monoisotopic (exact) mass is 457 g/mol. The van der Waals surface area contributed by atoms with Crippen LogP contribution in [-0.2, 0) is 9.59 Å². The second-order valence-electron chi connectivity index (χ2n) is 7.16. The molecule has 3 rings (SSSR count). The summed E-state index contributed by atoms with van der Waals surface area (Å²) in [5, 5.41) is 14.6. The number of amides is 3. The van der Waals surface area contributed by atoms with Crippen molar-refractivity contribution in [3.8, 4) is 5.69 Å². The van der Waals surface area contributed by atoms with E-state index in [0.29, 0.717) is 5.16 Å². The van der Waals surface area contributed by atoms with Crippen LogP contribution in [0.1, 0.15) is 30.0 Å². The summed E-state index contributed by atoms with van der Waals surface area (Å²) in [5.74, 6) is -1.69. The predicted octanol–water partition coefficient (Wildman–Crippen LogP) is 1.26. The first-order chi connectivity index (χ1) is 15.4. The molecule has 12 heteroatoms. The standard InChI is InChI=1S/C20H23N7O4S/c1-12(2)17(21-18(29)15-9-6-10-31-15)19(30)23-22-16(28)11-32-20-24-25-26-27(20)14-8-5-4-7-13(14)3/h4-10,12,17H,11H2,1-3H3,(H,21,29)(H,22,28)(H,23,30). The van der Waals surface area contributed by atoms with Crippen LogP contribution in [0, 0.1) is 12.8 Å². The molecule has 0 radical (unpaired) electrons. The molecule has 0 saturated carbocycles. The Morgan fingerprint density at radius 1 is 1.12 bits per heavy atom. The van der Waals surface area contributed by atoms with Gasteiger partial charge < -0.3 is 9.73 Å². The van der Waals surface area contributed by atoms with Crippen molar-refractivity contribution in [3.05, 3.63) is 54.0 Å². The Labute approximate surface area is 188 Å². The van der Waals surface area contributed by atoms with Gasteiger partial charge in [-0.15, -0.1) is 5.10 Å². The highest BCUT2D eigenvalue weighted by molar-refractivity contribution is 7.99. The molecule has 2 heterocycles. The summed E-state index contributed by atoms with van der Waals surface area (Å²) in [4.78, 5) is 36.9. The Balaban J connectivity index is 1.52. The van der Waals surface area contributed by atoms with E-state index in [2.05, 4.69) is 31.7 Å². The Kier molecular flexibility index (Phi) is 7.60. The molecule has 2 aromatic heterocycles. The maximum Gasteiger partial charge on any atom is 0.287 e.